The van der Waals surface area contributed by atoms with E-state index in [0.29, 0.717) is 29.0 Å². The Morgan fingerprint density at radius 3 is 2.67 bits per heavy atom. The molecule has 1 unspecified atom stereocenters. The molecule has 0 bridgehead atoms. The molecule has 202 valence electrons. The Kier molecular flexibility index (Phi) is 7.76. The second-order valence-corrected chi connectivity index (χ2v) is 9.75. The molecule has 3 N–H and O–H groups in total. The summed E-state index contributed by atoms with van der Waals surface area (Å²) in [6, 6.07) is 9.34. The van der Waals surface area contributed by atoms with Crippen LogP contribution in [0.2, 0.25) is 5.02 Å². The van der Waals surface area contributed by atoms with Crippen molar-refractivity contribution in [3.8, 4) is 0 Å². The first kappa shape index (κ1) is 26.6. The van der Waals surface area contributed by atoms with Gasteiger partial charge in [-0.25, -0.2) is 19.9 Å². The zero-order valence-corrected chi connectivity index (χ0v) is 22.9. The van der Waals surface area contributed by atoms with Crippen molar-refractivity contribution in [2.75, 3.05) is 10.6 Å². The molecule has 0 spiro atoms. The molecule has 5 aromatic heterocycles. The van der Waals surface area contributed by atoms with Gasteiger partial charge in [0.25, 0.3) is 0 Å². The number of aromatic nitrogens is 6. The molecule has 0 saturated heterocycles. The third kappa shape index (κ3) is 6.18. The number of aliphatic hydroxyl groups excluding tert-OH is 1. The van der Waals surface area contributed by atoms with E-state index in [9.17, 15) is 9.90 Å². The molecule has 1 aliphatic carbocycles. The number of carbonyl (C=O) groups is 1. The van der Waals surface area contributed by atoms with Gasteiger partial charge >= 0.3 is 0 Å². The molecule has 1 fully saturated rings. The van der Waals surface area contributed by atoms with Crippen LogP contribution < -0.4 is 10.6 Å². The van der Waals surface area contributed by atoms with Crippen LogP contribution in [0.1, 0.15) is 68.4 Å². The third-order valence-electron chi connectivity index (χ3n) is 6.32. The predicted octanol–water partition coefficient (Wildman–Crippen LogP) is 5.18. The number of aliphatic hydroxyl groups is 1. The SMILES string of the molecule is CC.CC(O)c1nc(NCc2cn3cc(C4CC4)ccc3n2)cc(NC(=O)Cc2ncn3ccc(Cl)cc23)n1. The molecule has 10 nitrogen and oxygen atoms in total. The lowest BCUT2D eigenvalue weighted by atomic mass is 10.2. The number of pyridine rings is 2. The molecular weight excluding hydrogens is 516 g/mol. The topological polar surface area (TPSA) is 122 Å². The normalized spacial score (nSPS) is 13.7. The summed E-state index contributed by atoms with van der Waals surface area (Å²) in [6.07, 6.45) is 9.20. The third-order valence-corrected chi connectivity index (χ3v) is 6.55. The molecule has 0 aliphatic heterocycles. The van der Waals surface area contributed by atoms with E-state index in [0.717, 1.165) is 16.9 Å². The minimum atomic E-state index is -0.910. The van der Waals surface area contributed by atoms with Gasteiger partial charge in [-0.05, 0) is 49.4 Å². The maximum Gasteiger partial charge on any atom is 0.231 e. The lowest BCUT2D eigenvalue weighted by Crippen LogP contribution is -2.17. The van der Waals surface area contributed by atoms with E-state index >= 15 is 0 Å². The summed E-state index contributed by atoms with van der Waals surface area (Å²) in [6.45, 7) is 6.00. The fraction of sp³-hybridized carbons (Fsp3) is 0.321. The lowest BCUT2D eigenvalue weighted by molar-refractivity contribution is -0.115. The molecular formula is C28H31ClN8O2. The second-order valence-electron chi connectivity index (χ2n) is 9.31. The van der Waals surface area contributed by atoms with E-state index in [-0.39, 0.29) is 24.0 Å². The first-order chi connectivity index (χ1) is 18.9. The van der Waals surface area contributed by atoms with Gasteiger partial charge in [-0.1, -0.05) is 31.5 Å². The van der Waals surface area contributed by atoms with Crippen molar-refractivity contribution in [2.45, 2.75) is 58.6 Å². The Hall–Kier alpha value is -4.02. The maximum atomic E-state index is 12.8. The Morgan fingerprint density at radius 2 is 1.90 bits per heavy atom. The van der Waals surface area contributed by atoms with Crippen molar-refractivity contribution in [2.24, 2.45) is 0 Å². The number of nitrogens with zero attached hydrogens (tertiary/aromatic N) is 6. The van der Waals surface area contributed by atoms with Crippen molar-refractivity contribution in [1.29, 1.82) is 0 Å². The number of imidazole rings is 2. The summed E-state index contributed by atoms with van der Waals surface area (Å²) >= 11 is 6.10. The van der Waals surface area contributed by atoms with Crippen molar-refractivity contribution < 1.29 is 9.90 Å². The largest absolute Gasteiger partial charge is 0.385 e. The number of carbonyl (C=O) groups excluding carboxylic acids is 1. The number of hydrogen-bond donors (Lipinski definition) is 3. The van der Waals surface area contributed by atoms with Crippen LogP contribution in [0.4, 0.5) is 11.6 Å². The molecule has 39 heavy (non-hydrogen) atoms. The summed E-state index contributed by atoms with van der Waals surface area (Å²) in [5, 5.41) is 16.7. The van der Waals surface area contributed by atoms with Crippen LogP contribution in [0.15, 0.2) is 55.2 Å². The number of amides is 1. The number of halogens is 1. The Balaban J connectivity index is 0.00000151. The van der Waals surface area contributed by atoms with Gasteiger partial charge in [0.05, 0.1) is 36.2 Å². The van der Waals surface area contributed by atoms with Gasteiger partial charge in [0.15, 0.2) is 5.82 Å². The average molecular weight is 547 g/mol. The number of fused-ring (bicyclic) bond motifs is 2. The molecule has 1 saturated carbocycles. The van der Waals surface area contributed by atoms with Crippen molar-refractivity contribution in [1.82, 2.24) is 28.7 Å². The van der Waals surface area contributed by atoms with Gasteiger partial charge in [0, 0.05) is 29.7 Å². The van der Waals surface area contributed by atoms with Crippen LogP contribution in [-0.2, 0) is 17.8 Å². The predicted molar refractivity (Wildman–Crippen MR) is 151 cm³/mol. The van der Waals surface area contributed by atoms with Gasteiger partial charge in [0.2, 0.25) is 5.91 Å². The van der Waals surface area contributed by atoms with E-state index in [1.807, 2.05) is 30.5 Å². The number of nitrogens with one attached hydrogen (secondary N) is 2. The highest BCUT2D eigenvalue weighted by Crippen LogP contribution is 2.39. The van der Waals surface area contributed by atoms with Gasteiger partial charge < -0.3 is 24.5 Å². The Bertz CT molecular complexity index is 1620. The van der Waals surface area contributed by atoms with Crippen LogP contribution in [0, 0.1) is 0 Å². The molecule has 1 atom stereocenters. The van der Waals surface area contributed by atoms with Crippen LogP contribution in [0.5, 0.6) is 0 Å². The second kappa shape index (κ2) is 11.4. The molecule has 6 rings (SSSR count). The van der Waals surface area contributed by atoms with E-state index < -0.39 is 6.10 Å². The molecule has 0 radical (unpaired) electrons. The van der Waals surface area contributed by atoms with Gasteiger partial charge in [-0.2, -0.15) is 0 Å². The zero-order valence-electron chi connectivity index (χ0n) is 22.1. The van der Waals surface area contributed by atoms with Crippen LogP contribution in [0.3, 0.4) is 0 Å². The molecule has 5 heterocycles. The Labute approximate surface area is 231 Å². The molecule has 5 aromatic rings. The zero-order chi connectivity index (χ0) is 27.5. The highest BCUT2D eigenvalue weighted by Gasteiger charge is 2.23. The fourth-order valence-electron chi connectivity index (χ4n) is 4.28. The highest BCUT2D eigenvalue weighted by atomic mass is 35.5. The first-order valence-corrected chi connectivity index (χ1v) is 13.5. The van der Waals surface area contributed by atoms with E-state index in [1.165, 1.54) is 18.4 Å². The number of hydrogen-bond acceptors (Lipinski definition) is 7. The fourth-order valence-corrected chi connectivity index (χ4v) is 4.44. The van der Waals surface area contributed by atoms with Gasteiger partial charge in [-0.3, -0.25) is 4.79 Å². The minimum Gasteiger partial charge on any atom is -0.385 e. The van der Waals surface area contributed by atoms with Gasteiger partial charge in [0.1, 0.15) is 23.4 Å². The van der Waals surface area contributed by atoms with Crippen molar-refractivity contribution in [3.05, 3.63) is 83.0 Å². The molecule has 0 aromatic carbocycles. The van der Waals surface area contributed by atoms with E-state index in [1.54, 1.807) is 42.0 Å². The van der Waals surface area contributed by atoms with Crippen LogP contribution >= 0.6 is 11.6 Å². The van der Waals surface area contributed by atoms with Gasteiger partial charge in [-0.15, -0.1) is 0 Å². The first-order valence-electron chi connectivity index (χ1n) is 13.1. The maximum absolute atomic E-state index is 12.8. The average Bonchev–Trinajstić information content (AvgIpc) is 3.59. The quantitative estimate of drug-likeness (QED) is 0.245. The monoisotopic (exact) mass is 546 g/mol. The number of rotatable bonds is 8. The molecule has 1 amide bonds. The highest BCUT2D eigenvalue weighted by molar-refractivity contribution is 6.30. The van der Waals surface area contributed by atoms with Crippen LogP contribution in [-0.4, -0.2) is 39.8 Å². The standard InChI is InChI=1S/C26H25ClN8O2.C2H6/c1-15(36)26-32-22(28-11-19-13-35-12-17(16-2-3-16)4-5-24(35)30-19)10-23(33-26)31-25(37)9-20-21-8-18(27)6-7-34(21)14-29-20;1-2/h4-8,10,12-16,36H,2-3,9,11H2,1H3,(H2,28,31,32,33,37);1-2H3. The minimum absolute atomic E-state index is 0.0394. The summed E-state index contributed by atoms with van der Waals surface area (Å²) in [7, 11) is 0. The molecule has 1 aliphatic rings. The smallest absolute Gasteiger partial charge is 0.231 e. The lowest BCUT2D eigenvalue weighted by Gasteiger charge is -2.11. The van der Waals surface area contributed by atoms with Crippen molar-refractivity contribution in [3.63, 3.8) is 0 Å². The van der Waals surface area contributed by atoms with E-state index in [4.69, 9.17) is 11.6 Å². The van der Waals surface area contributed by atoms with Crippen molar-refractivity contribution >= 4 is 40.3 Å². The summed E-state index contributed by atoms with van der Waals surface area (Å²) < 4.78 is 3.85. The summed E-state index contributed by atoms with van der Waals surface area (Å²) in [5.74, 6) is 1.32. The Morgan fingerprint density at radius 1 is 1.10 bits per heavy atom. The number of anilines is 2. The molecule has 11 heteroatoms. The van der Waals surface area contributed by atoms with Crippen LogP contribution in [0.25, 0.3) is 11.2 Å². The summed E-state index contributed by atoms with van der Waals surface area (Å²) in [4.78, 5) is 30.5. The summed E-state index contributed by atoms with van der Waals surface area (Å²) in [5.41, 5.74) is 4.43. The van der Waals surface area contributed by atoms with E-state index in [2.05, 4.69) is 42.8 Å².